The second-order valence-corrected chi connectivity index (χ2v) is 5.27. The maximum Gasteiger partial charge on any atom is 0.255 e. The summed E-state index contributed by atoms with van der Waals surface area (Å²) in [6, 6.07) is 12.0. The molecule has 0 saturated carbocycles. The van der Waals surface area contributed by atoms with Gasteiger partial charge >= 0.3 is 0 Å². The fourth-order valence-electron chi connectivity index (χ4n) is 1.72. The van der Waals surface area contributed by atoms with Crippen LogP contribution < -0.4 is 10.1 Å². The van der Waals surface area contributed by atoms with Gasteiger partial charge in [-0.05, 0) is 42.8 Å². The van der Waals surface area contributed by atoms with Gasteiger partial charge < -0.3 is 10.1 Å². The first kappa shape index (κ1) is 15.7. The molecule has 0 heterocycles. The Morgan fingerprint density at radius 3 is 2.67 bits per heavy atom. The Morgan fingerprint density at radius 1 is 1.14 bits per heavy atom. The molecule has 2 aromatic carbocycles. The van der Waals surface area contributed by atoms with E-state index in [1.54, 1.807) is 36.4 Å². The molecule has 0 radical (unpaired) electrons. The minimum atomic E-state index is -0.227. The van der Waals surface area contributed by atoms with Crippen LogP contribution in [0.4, 0.5) is 5.69 Å². The summed E-state index contributed by atoms with van der Waals surface area (Å²) in [5.74, 6) is 0.453. The predicted octanol–water partition coefficient (Wildman–Crippen LogP) is 5.03. The van der Waals surface area contributed by atoms with Crippen LogP contribution in [0.5, 0.6) is 5.75 Å². The first-order valence-electron chi connectivity index (χ1n) is 6.59. The van der Waals surface area contributed by atoms with Crippen molar-refractivity contribution in [2.45, 2.75) is 13.3 Å². The summed E-state index contributed by atoms with van der Waals surface area (Å²) in [7, 11) is 0. The second kappa shape index (κ2) is 7.34. The molecule has 0 aliphatic carbocycles. The summed E-state index contributed by atoms with van der Waals surface area (Å²) in [6.45, 7) is 2.65. The van der Waals surface area contributed by atoms with Gasteiger partial charge in [0.05, 0.1) is 16.7 Å². The fraction of sp³-hybridized carbons (Fsp3) is 0.188. The molecule has 0 saturated heterocycles. The molecular weight excluding hydrogens is 309 g/mol. The molecule has 0 aliphatic rings. The first-order valence-corrected chi connectivity index (χ1v) is 7.35. The van der Waals surface area contributed by atoms with E-state index in [2.05, 4.69) is 5.32 Å². The number of amides is 1. The molecule has 0 fully saturated rings. The summed E-state index contributed by atoms with van der Waals surface area (Å²) in [4.78, 5) is 12.2. The Balaban J connectivity index is 2.10. The maximum atomic E-state index is 12.2. The number of anilines is 1. The number of hydrogen-bond donors (Lipinski definition) is 1. The number of carbonyl (C=O) groups excluding carboxylic acids is 1. The van der Waals surface area contributed by atoms with Gasteiger partial charge in [0.1, 0.15) is 5.75 Å². The Bertz CT molecular complexity index is 644. The molecule has 3 nitrogen and oxygen atoms in total. The smallest absolute Gasteiger partial charge is 0.255 e. The van der Waals surface area contributed by atoms with Gasteiger partial charge in [-0.15, -0.1) is 0 Å². The van der Waals surface area contributed by atoms with Crippen LogP contribution in [0.3, 0.4) is 0 Å². The SMILES string of the molecule is CCCOc1cccc(C(=O)Nc2ccc(Cl)c(Cl)c2)c1. The van der Waals surface area contributed by atoms with Crippen molar-refractivity contribution in [3.8, 4) is 5.75 Å². The molecule has 2 rings (SSSR count). The van der Waals surface area contributed by atoms with E-state index in [9.17, 15) is 4.79 Å². The number of hydrogen-bond acceptors (Lipinski definition) is 2. The summed E-state index contributed by atoms with van der Waals surface area (Å²) >= 11 is 11.8. The molecule has 5 heteroatoms. The molecule has 1 amide bonds. The number of nitrogens with one attached hydrogen (secondary N) is 1. The highest BCUT2D eigenvalue weighted by molar-refractivity contribution is 6.42. The zero-order valence-corrected chi connectivity index (χ0v) is 13.0. The zero-order chi connectivity index (χ0) is 15.2. The minimum Gasteiger partial charge on any atom is -0.494 e. The fourth-order valence-corrected chi connectivity index (χ4v) is 2.02. The van der Waals surface area contributed by atoms with E-state index in [0.717, 1.165) is 6.42 Å². The minimum absolute atomic E-state index is 0.227. The third-order valence-electron chi connectivity index (χ3n) is 2.75. The average Bonchev–Trinajstić information content (AvgIpc) is 2.49. The lowest BCUT2D eigenvalue weighted by molar-refractivity contribution is 0.102. The van der Waals surface area contributed by atoms with Crippen molar-refractivity contribution in [2.24, 2.45) is 0 Å². The van der Waals surface area contributed by atoms with Crippen molar-refractivity contribution >= 4 is 34.8 Å². The van der Waals surface area contributed by atoms with Gasteiger partial charge in [0.25, 0.3) is 5.91 Å². The van der Waals surface area contributed by atoms with Crippen molar-refractivity contribution < 1.29 is 9.53 Å². The van der Waals surface area contributed by atoms with Gasteiger partial charge in [-0.1, -0.05) is 36.2 Å². The van der Waals surface area contributed by atoms with Crippen LogP contribution in [0.15, 0.2) is 42.5 Å². The number of halogens is 2. The van der Waals surface area contributed by atoms with Crippen molar-refractivity contribution in [3.05, 3.63) is 58.1 Å². The van der Waals surface area contributed by atoms with Gasteiger partial charge in [0.2, 0.25) is 0 Å². The van der Waals surface area contributed by atoms with Gasteiger partial charge in [-0.25, -0.2) is 0 Å². The highest BCUT2D eigenvalue weighted by atomic mass is 35.5. The molecule has 2 aromatic rings. The van der Waals surface area contributed by atoms with Crippen LogP contribution in [-0.4, -0.2) is 12.5 Å². The molecule has 0 aromatic heterocycles. The molecule has 0 atom stereocenters. The summed E-state index contributed by atoms with van der Waals surface area (Å²) in [5.41, 5.74) is 1.11. The predicted molar refractivity (Wildman–Crippen MR) is 86.6 cm³/mol. The summed E-state index contributed by atoms with van der Waals surface area (Å²) in [5, 5.41) is 3.62. The standard InChI is InChI=1S/C16H15Cl2NO2/c1-2-8-21-13-5-3-4-11(9-13)16(20)19-12-6-7-14(17)15(18)10-12/h3-7,9-10H,2,8H2,1H3,(H,19,20). The van der Waals surface area contributed by atoms with Crippen LogP contribution in [0, 0.1) is 0 Å². The Hall–Kier alpha value is -1.71. The quantitative estimate of drug-likeness (QED) is 0.837. The Kier molecular flexibility index (Phi) is 5.48. The molecule has 0 spiro atoms. The second-order valence-electron chi connectivity index (χ2n) is 4.46. The monoisotopic (exact) mass is 323 g/mol. The topological polar surface area (TPSA) is 38.3 Å². The van der Waals surface area contributed by atoms with Crippen LogP contribution in [0.1, 0.15) is 23.7 Å². The summed E-state index contributed by atoms with van der Waals surface area (Å²) < 4.78 is 5.51. The number of ether oxygens (including phenoxy) is 1. The Morgan fingerprint density at radius 2 is 1.95 bits per heavy atom. The van der Waals surface area contributed by atoms with Crippen LogP contribution in [0.25, 0.3) is 0 Å². The number of rotatable bonds is 5. The lowest BCUT2D eigenvalue weighted by Crippen LogP contribution is -2.12. The van der Waals surface area contributed by atoms with E-state index in [1.807, 2.05) is 13.0 Å². The highest BCUT2D eigenvalue weighted by Gasteiger charge is 2.08. The molecule has 0 unspecified atom stereocenters. The van der Waals surface area contributed by atoms with Gasteiger partial charge in [-0.2, -0.15) is 0 Å². The van der Waals surface area contributed by atoms with E-state index in [-0.39, 0.29) is 5.91 Å². The third-order valence-corrected chi connectivity index (χ3v) is 3.49. The van der Waals surface area contributed by atoms with Crippen LogP contribution in [-0.2, 0) is 0 Å². The van der Waals surface area contributed by atoms with Gasteiger partial charge in [-0.3, -0.25) is 4.79 Å². The van der Waals surface area contributed by atoms with Crippen molar-refractivity contribution in [3.63, 3.8) is 0 Å². The van der Waals surface area contributed by atoms with E-state index in [4.69, 9.17) is 27.9 Å². The molecule has 1 N–H and O–H groups in total. The van der Waals surface area contributed by atoms with Crippen molar-refractivity contribution in [1.29, 1.82) is 0 Å². The maximum absolute atomic E-state index is 12.2. The van der Waals surface area contributed by atoms with Crippen molar-refractivity contribution in [1.82, 2.24) is 0 Å². The average molecular weight is 324 g/mol. The van der Waals surface area contributed by atoms with E-state index in [1.165, 1.54) is 0 Å². The molecular formula is C16H15Cl2NO2. The van der Waals surface area contributed by atoms with E-state index in [0.29, 0.717) is 33.7 Å². The van der Waals surface area contributed by atoms with Crippen LogP contribution >= 0.6 is 23.2 Å². The van der Waals surface area contributed by atoms with E-state index < -0.39 is 0 Å². The highest BCUT2D eigenvalue weighted by Crippen LogP contribution is 2.25. The largest absolute Gasteiger partial charge is 0.494 e. The normalized spacial score (nSPS) is 10.2. The lowest BCUT2D eigenvalue weighted by atomic mass is 10.2. The first-order chi connectivity index (χ1) is 10.1. The summed E-state index contributed by atoms with van der Waals surface area (Å²) in [6.07, 6.45) is 0.916. The lowest BCUT2D eigenvalue weighted by Gasteiger charge is -2.08. The van der Waals surface area contributed by atoms with Crippen molar-refractivity contribution in [2.75, 3.05) is 11.9 Å². The Labute approximate surface area is 133 Å². The zero-order valence-electron chi connectivity index (χ0n) is 11.5. The van der Waals surface area contributed by atoms with E-state index >= 15 is 0 Å². The van der Waals surface area contributed by atoms with Gasteiger partial charge in [0.15, 0.2) is 0 Å². The number of carbonyl (C=O) groups is 1. The number of benzene rings is 2. The molecule has 0 aliphatic heterocycles. The third kappa shape index (κ3) is 4.38. The van der Waals surface area contributed by atoms with Crippen LogP contribution in [0.2, 0.25) is 10.0 Å². The molecule has 0 bridgehead atoms. The molecule has 21 heavy (non-hydrogen) atoms. The van der Waals surface area contributed by atoms with Gasteiger partial charge in [0, 0.05) is 11.3 Å². The molecule has 110 valence electrons.